The van der Waals surface area contributed by atoms with E-state index in [1.807, 2.05) is 32.1 Å². The SMILES string of the molecule is CCN=C1S/C(=C/c2ccc(N(CC)CC)cc2OC)C(=O)N1CC. The molecule has 1 heterocycles. The maximum atomic E-state index is 12.6. The molecule has 1 fully saturated rings. The zero-order chi connectivity index (χ0) is 18.4. The van der Waals surface area contributed by atoms with Crippen LogP contribution in [0.15, 0.2) is 28.1 Å². The van der Waals surface area contributed by atoms with Crippen molar-refractivity contribution in [1.82, 2.24) is 4.90 Å². The summed E-state index contributed by atoms with van der Waals surface area (Å²) in [4.78, 5) is 21.7. The second-order valence-electron chi connectivity index (χ2n) is 5.52. The minimum Gasteiger partial charge on any atom is -0.496 e. The number of benzene rings is 1. The van der Waals surface area contributed by atoms with E-state index in [0.29, 0.717) is 18.0 Å². The molecule has 0 radical (unpaired) electrons. The van der Waals surface area contributed by atoms with Gasteiger partial charge in [-0.2, -0.15) is 0 Å². The van der Waals surface area contributed by atoms with E-state index in [1.54, 1.807) is 12.0 Å². The van der Waals surface area contributed by atoms with Crippen LogP contribution in [0.1, 0.15) is 33.3 Å². The number of ether oxygens (including phenoxy) is 1. The van der Waals surface area contributed by atoms with Crippen LogP contribution in [0, 0.1) is 0 Å². The van der Waals surface area contributed by atoms with E-state index in [2.05, 4.69) is 29.8 Å². The van der Waals surface area contributed by atoms with E-state index in [1.165, 1.54) is 11.8 Å². The van der Waals surface area contributed by atoms with Crippen molar-refractivity contribution in [3.8, 4) is 5.75 Å². The molecule has 1 aromatic carbocycles. The summed E-state index contributed by atoms with van der Waals surface area (Å²) in [5.74, 6) is 0.781. The normalized spacial score (nSPS) is 17.6. The quantitative estimate of drug-likeness (QED) is 0.692. The largest absolute Gasteiger partial charge is 0.496 e. The van der Waals surface area contributed by atoms with Gasteiger partial charge in [-0.25, -0.2) is 0 Å². The number of aliphatic imine (C=N–C) groups is 1. The van der Waals surface area contributed by atoms with Gasteiger partial charge in [0.05, 0.1) is 12.0 Å². The summed E-state index contributed by atoms with van der Waals surface area (Å²) < 4.78 is 5.56. The number of likely N-dealkylation sites (N-methyl/N-ethyl adjacent to an activating group) is 1. The number of anilines is 1. The Morgan fingerprint density at radius 3 is 2.52 bits per heavy atom. The molecule has 25 heavy (non-hydrogen) atoms. The second kappa shape index (κ2) is 8.94. The Labute approximate surface area is 154 Å². The van der Waals surface area contributed by atoms with E-state index in [4.69, 9.17) is 4.74 Å². The molecular formula is C19H27N3O2S. The Bertz CT molecular complexity index is 681. The smallest absolute Gasteiger partial charge is 0.266 e. The number of rotatable bonds is 7. The number of carbonyl (C=O) groups excluding carboxylic acids is 1. The predicted molar refractivity (Wildman–Crippen MR) is 107 cm³/mol. The van der Waals surface area contributed by atoms with Gasteiger partial charge in [-0.3, -0.25) is 14.7 Å². The fraction of sp³-hybridized carbons (Fsp3) is 0.474. The Kier molecular flexibility index (Phi) is 6.93. The third-order valence-corrected chi connectivity index (χ3v) is 5.17. The Morgan fingerprint density at radius 2 is 1.96 bits per heavy atom. The summed E-state index contributed by atoms with van der Waals surface area (Å²) in [6.45, 7) is 11.4. The lowest BCUT2D eigenvalue weighted by molar-refractivity contribution is -0.122. The maximum Gasteiger partial charge on any atom is 0.266 e. The van der Waals surface area contributed by atoms with Crippen molar-refractivity contribution in [2.45, 2.75) is 27.7 Å². The summed E-state index contributed by atoms with van der Waals surface area (Å²) >= 11 is 1.43. The molecule has 0 saturated carbocycles. The molecule has 1 saturated heterocycles. The Balaban J connectivity index is 2.37. The van der Waals surface area contributed by atoms with Crippen LogP contribution in [0.4, 0.5) is 5.69 Å². The van der Waals surface area contributed by atoms with E-state index in [-0.39, 0.29) is 5.91 Å². The summed E-state index contributed by atoms with van der Waals surface area (Å²) in [6.07, 6.45) is 1.90. The number of methoxy groups -OCH3 is 1. The molecule has 0 N–H and O–H groups in total. The lowest BCUT2D eigenvalue weighted by Gasteiger charge is -2.22. The van der Waals surface area contributed by atoms with Gasteiger partial charge in [-0.15, -0.1) is 0 Å². The van der Waals surface area contributed by atoms with E-state index in [0.717, 1.165) is 35.3 Å². The molecule has 5 nitrogen and oxygen atoms in total. The molecule has 1 aromatic rings. The number of amidine groups is 1. The lowest BCUT2D eigenvalue weighted by Crippen LogP contribution is -2.28. The molecule has 0 aromatic heterocycles. The summed E-state index contributed by atoms with van der Waals surface area (Å²) in [6, 6.07) is 6.12. The zero-order valence-corrected chi connectivity index (χ0v) is 16.5. The Morgan fingerprint density at radius 1 is 1.24 bits per heavy atom. The molecule has 0 aliphatic carbocycles. The molecule has 2 rings (SSSR count). The zero-order valence-electron chi connectivity index (χ0n) is 15.7. The second-order valence-corrected chi connectivity index (χ2v) is 6.52. The number of amides is 1. The molecule has 0 bridgehead atoms. The molecule has 136 valence electrons. The summed E-state index contributed by atoms with van der Waals surface area (Å²) in [7, 11) is 1.66. The van der Waals surface area contributed by atoms with Crippen LogP contribution in [0.3, 0.4) is 0 Å². The first kappa shape index (κ1) is 19.4. The van der Waals surface area contributed by atoms with Crippen molar-refractivity contribution >= 4 is 34.6 Å². The first-order chi connectivity index (χ1) is 12.1. The van der Waals surface area contributed by atoms with Crippen molar-refractivity contribution < 1.29 is 9.53 Å². The highest BCUT2D eigenvalue weighted by Crippen LogP contribution is 2.35. The highest BCUT2D eigenvalue weighted by atomic mass is 32.2. The van der Waals surface area contributed by atoms with Gasteiger partial charge in [0.15, 0.2) is 5.17 Å². The van der Waals surface area contributed by atoms with E-state index >= 15 is 0 Å². The molecule has 1 aliphatic heterocycles. The third-order valence-electron chi connectivity index (χ3n) is 4.13. The standard InChI is InChI=1S/C19H27N3O2S/c1-6-20-19-22(9-4)18(23)17(25-19)12-14-10-11-15(13-16(14)24-5)21(7-2)8-3/h10-13H,6-9H2,1-5H3/b17-12+,20-19?. The van der Waals surface area contributed by atoms with E-state index < -0.39 is 0 Å². The van der Waals surface area contributed by atoms with Crippen molar-refractivity contribution in [3.63, 3.8) is 0 Å². The van der Waals surface area contributed by atoms with Crippen LogP contribution < -0.4 is 9.64 Å². The molecule has 0 spiro atoms. The molecule has 6 heteroatoms. The number of carbonyl (C=O) groups is 1. The first-order valence-corrected chi connectivity index (χ1v) is 9.59. The minimum absolute atomic E-state index is 0.00886. The van der Waals surface area contributed by atoms with Gasteiger partial charge in [0, 0.05) is 43.5 Å². The Hall–Kier alpha value is -1.95. The van der Waals surface area contributed by atoms with Crippen molar-refractivity contribution in [1.29, 1.82) is 0 Å². The topological polar surface area (TPSA) is 45.1 Å². The van der Waals surface area contributed by atoms with Gasteiger partial charge in [0.2, 0.25) is 0 Å². The monoisotopic (exact) mass is 361 g/mol. The van der Waals surface area contributed by atoms with Gasteiger partial charge < -0.3 is 9.64 Å². The third kappa shape index (κ3) is 4.18. The van der Waals surface area contributed by atoms with Crippen molar-refractivity contribution in [2.75, 3.05) is 38.2 Å². The minimum atomic E-state index is 0.00886. The lowest BCUT2D eigenvalue weighted by atomic mass is 10.1. The number of thioether (sulfide) groups is 1. The van der Waals surface area contributed by atoms with Gasteiger partial charge in [0.1, 0.15) is 5.75 Å². The van der Waals surface area contributed by atoms with Crippen LogP contribution in [-0.2, 0) is 4.79 Å². The van der Waals surface area contributed by atoms with Gasteiger partial charge in [-0.05, 0) is 57.7 Å². The van der Waals surface area contributed by atoms with E-state index in [9.17, 15) is 4.79 Å². The van der Waals surface area contributed by atoms with Crippen LogP contribution in [0.5, 0.6) is 5.75 Å². The fourth-order valence-electron chi connectivity index (χ4n) is 2.79. The summed E-state index contributed by atoms with van der Waals surface area (Å²) in [5.41, 5.74) is 2.03. The van der Waals surface area contributed by atoms with Crippen LogP contribution in [0.25, 0.3) is 6.08 Å². The average Bonchev–Trinajstić information content (AvgIpc) is 2.92. The maximum absolute atomic E-state index is 12.6. The number of hydrogen-bond acceptors (Lipinski definition) is 5. The molecule has 1 amide bonds. The van der Waals surface area contributed by atoms with Gasteiger partial charge >= 0.3 is 0 Å². The average molecular weight is 362 g/mol. The van der Waals surface area contributed by atoms with Crippen LogP contribution in [0.2, 0.25) is 0 Å². The van der Waals surface area contributed by atoms with Gasteiger partial charge in [0.25, 0.3) is 5.91 Å². The number of nitrogens with zero attached hydrogens (tertiary/aromatic N) is 3. The highest BCUT2D eigenvalue weighted by Gasteiger charge is 2.32. The predicted octanol–water partition coefficient (Wildman–Crippen LogP) is 3.85. The van der Waals surface area contributed by atoms with Gasteiger partial charge in [-0.1, -0.05) is 0 Å². The van der Waals surface area contributed by atoms with Crippen molar-refractivity contribution in [3.05, 3.63) is 28.7 Å². The molecule has 0 atom stereocenters. The molecule has 1 aliphatic rings. The highest BCUT2D eigenvalue weighted by molar-refractivity contribution is 8.18. The van der Waals surface area contributed by atoms with Crippen molar-refractivity contribution in [2.24, 2.45) is 4.99 Å². The summed E-state index contributed by atoms with van der Waals surface area (Å²) in [5, 5.41) is 0.778. The fourth-order valence-corrected chi connectivity index (χ4v) is 3.88. The molecular weight excluding hydrogens is 334 g/mol. The first-order valence-electron chi connectivity index (χ1n) is 8.78. The van der Waals surface area contributed by atoms with Crippen LogP contribution in [-0.4, -0.2) is 49.3 Å². The molecule has 0 unspecified atom stereocenters. The van der Waals surface area contributed by atoms with Crippen LogP contribution >= 0.6 is 11.8 Å². The number of hydrogen-bond donors (Lipinski definition) is 0.